The van der Waals surface area contributed by atoms with E-state index in [9.17, 15) is 4.79 Å². The van der Waals surface area contributed by atoms with Crippen LogP contribution in [0.4, 0.5) is 0 Å². The van der Waals surface area contributed by atoms with Crippen LogP contribution in [0.5, 0.6) is 0 Å². The molecule has 1 unspecified atom stereocenters. The SMILES string of the molecule is O=C(c1cncc2ccccc12)C1COCCN1. The maximum atomic E-state index is 12.4. The molecule has 0 amide bonds. The molecule has 18 heavy (non-hydrogen) atoms. The molecule has 0 bridgehead atoms. The van der Waals surface area contributed by atoms with Crippen molar-refractivity contribution in [1.82, 2.24) is 10.3 Å². The molecule has 4 nitrogen and oxygen atoms in total. The van der Waals surface area contributed by atoms with Gasteiger partial charge in [0.2, 0.25) is 0 Å². The molecule has 0 radical (unpaired) electrons. The van der Waals surface area contributed by atoms with Gasteiger partial charge in [0.25, 0.3) is 0 Å². The highest BCUT2D eigenvalue weighted by molar-refractivity contribution is 6.10. The maximum Gasteiger partial charge on any atom is 0.184 e. The smallest absolute Gasteiger partial charge is 0.184 e. The molecule has 1 aliphatic heterocycles. The van der Waals surface area contributed by atoms with Crippen LogP contribution in [0.15, 0.2) is 36.7 Å². The number of pyridine rings is 1. The van der Waals surface area contributed by atoms with Crippen LogP contribution in [0.1, 0.15) is 10.4 Å². The minimum atomic E-state index is -0.258. The predicted molar refractivity (Wildman–Crippen MR) is 68.7 cm³/mol. The van der Waals surface area contributed by atoms with E-state index in [4.69, 9.17) is 4.74 Å². The maximum absolute atomic E-state index is 12.4. The molecule has 1 saturated heterocycles. The Hall–Kier alpha value is -1.78. The first-order valence-corrected chi connectivity index (χ1v) is 6.04. The number of carbonyl (C=O) groups excluding carboxylic acids is 1. The molecule has 0 spiro atoms. The molecule has 1 N–H and O–H groups in total. The number of carbonyl (C=O) groups is 1. The van der Waals surface area contributed by atoms with Gasteiger partial charge in [-0.05, 0) is 5.39 Å². The third kappa shape index (κ3) is 2.00. The first-order valence-electron chi connectivity index (χ1n) is 6.04. The van der Waals surface area contributed by atoms with Crippen molar-refractivity contribution in [2.75, 3.05) is 19.8 Å². The summed E-state index contributed by atoms with van der Waals surface area (Å²) in [4.78, 5) is 16.6. The zero-order valence-corrected chi connectivity index (χ0v) is 9.93. The quantitative estimate of drug-likeness (QED) is 0.809. The lowest BCUT2D eigenvalue weighted by Gasteiger charge is -2.22. The Morgan fingerprint density at radius 1 is 1.33 bits per heavy atom. The number of benzene rings is 1. The number of rotatable bonds is 2. The second kappa shape index (κ2) is 4.84. The van der Waals surface area contributed by atoms with Crippen LogP contribution in [-0.4, -0.2) is 36.6 Å². The topological polar surface area (TPSA) is 51.2 Å². The summed E-state index contributed by atoms with van der Waals surface area (Å²) in [7, 11) is 0. The van der Waals surface area contributed by atoms with Gasteiger partial charge in [0.1, 0.15) is 0 Å². The summed E-state index contributed by atoms with van der Waals surface area (Å²) in [6.07, 6.45) is 3.41. The molecule has 1 fully saturated rings. The average molecular weight is 242 g/mol. The van der Waals surface area contributed by atoms with E-state index in [-0.39, 0.29) is 11.8 Å². The molecule has 3 rings (SSSR count). The summed E-state index contributed by atoms with van der Waals surface area (Å²) in [5.41, 5.74) is 0.663. The lowest BCUT2D eigenvalue weighted by molar-refractivity contribution is 0.0608. The molecule has 4 heteroatoms. The van der Waals surface area contributed by atoms with Crippen molar-refractivity contribution in [3.63, 3.8) is 0 Å². The highest BCUT2D eigenvalue weighted by Gasteiger charge is 2.23. The Labute approximate surface area is 105 Å². The van der Waals surface area contributed by atoms with E-state index in [1.54, 1.807) is 12.4 Å². The van der Waals surface area contributed by atoms with E-state index in [0.29, 0.717) is 25.3 Å². The molecule has 2 aromatic rings. The van der Waals surface area contributed by atoms with Gasteiger partial charge in [-0.3, -0.25) is 9.78 Å². The van der Waals surface area contributed by atoms with Crippen LogP contribution >= 0.6 is 0 Å². The van der Waals surface area contributed by atoms with Crippen molar-refractivity contribution in [2.45, 2.75) is 6.04 Å². The summed E-state index contributed by atoms with van der Waals surface area (Å²) in [6, 6.07) is 7.54. The Bertz CT molecular complexity index is 572. The third-order valence-electron chi connectivity index (χ3n) is 3.17. The summed E-state index contributed by atoms with van der Waals surface area (Å²) >= 11 is 0. The van der Waals surface area contributed by atoms with Crippen molar-refractivity contribution in [2.24, 2.45) is 0 Å². The zero-order chi connectivity index (χ0) is 12.4. The average Bonchev–Trinajstić information content (AvgIpc) is 2.47. The van der Waals surface area contributed by atoms with Crippen LogP contribution < -0.4 is 5.32 Å². The Morgan fingerprint density at radius 2 is 2.22 bits per heavy atom. The van der Waals surface area contributed by atoms with Crippen molar-refractivity contribution in [3.05, 3.63) is 42.2 Å². The summed E-state index contributed by atoms with van der Waals surface area (Å²) in [5, 5.41) is 5.11. The minimum absolute atomic E-state index is 0.0546. The van der Waals surface area contributed by atoms with Gasteiger partial charge in [0.15, 0.2) is 5.78 Å². The molecule has 1 aromatic carbocycles. The number of hydrogen-bond donors (Lipinski definition) is 1. The highest BCUT2D eigenvalue weighted by Crippen LogP contribution is 2.18. The number of Topliss-reactive ketones (excluding diaryl/α,β-unsaturated/α-hetero) is 1. The van der Waals surface area contributed by atoms with Crippen molar-refractivity contribution < 1.29 is 9.53 Å². The van der Waals surface area contributed by atoms with Gasteiger partial charge >= 0.3 is 0 Å². The molecule has 0 saturated carbocycles. The summed E-state index contributed by atoms with van der Waals surface area (Å²) in [6.45, 7) is 1.81. The number of hydrogen-bond acceptors (Lipinski definition) is 4. The molecule has 0 aliphatic carbocycles. The normalized spacial score (nSPS) is 19.9. The highest BCUT2D eigenvalue weighted by atomic mass is 16.5. The van der Waals surface area contributed by atoms with E-state index in [0.717, 1.165) is 10.8 Å². The van der Waals surface area contributed by atoms with Crippen LogP contribution in [0, 0.1) is 0 Å². The van der Waals surface area contributed by atoms with Gasteiger partial charge in [-0.25, -0.2) is 0 Å². The molecular formula is C14H14N2O2. The standard InChI is InChI=1S/C14H14N2O2/c17-14(13-9-18-6-5-16-13)12-8-15-7-10-3-1-2-4-11(10)12/h1-4,7-8,13,16H,5-6,9H2. The van der Waals surface area contributed by atoms with E-state index < -0.39 is 0 Å². The van der Waals surface area contributed by atoms with Crippen LogP contribution in [0.2, 0.25) is 0 Å². The number of nitrogens with one attached hydrogen (secondary N) is 1. The lowest BCUT2D eigenvalue weighted by Crippen LogP contribution is -2.46. The zero-order valence-electron chi connectivity index (χ0n) is 9.93. The predicted octanol–water partition coefficient (Wildman–Crippen LogP) is 1.41. The number of aromatic nitrogens is 1. The van der Waals surface area contributed by atoms with Crippen LogP contribution in [0.25, 0.3) is 10.8 Å². The fraction of sp³-hybridized carbons (Fsp3) is 0.286. The van der Waals surface area contributed by atoms with Gasteiger partial charge in [0.05, 0.1) is 19.3 Å². The number of fused-ring (bicyclic) bond motifs is 1. The monoisotopic (exact) mass is 242 g/mol. The van der Waals surface area contributed by atoms with Gasteiger partial charge in [-0.2, -0.15) is 0 Å². The third-order valence-corrected chi connectivity index (χ3v) is 3.17. The fourth-order valence-electron chi connectivity index (χ4n) is 2.23. The molecule has 2 heterocycles. The van der Waals surface area contributed by atoms with Gasteiger partial charge < -0.3 is 10.1 Å². The molecular weight excluding hydrogens is 228 g/mol. The van der Waals surface area contributed by atoms with Crippen molar-refractivity contribution in [1.29, 1.82) is 0 Å². The first kappa shape index (κ1) is 11.3. The second-order valence-electron chi connectivity index (χ2n) is 4.35. The number of ether oxygens (including phenoxy) is 1. The Balaban J connectivity index is 2.00. The second-order valence-corrected chi connectivity index (χ2v) is 4.35. The largest absolute Gasteiger partial charge is 0.378 e. The fourth-order valence-corrected chi connectivity index (χ4v) is 2.23. The van der Waals surface area contributed by atoms with E-state index in [1.165, 1.54) is 0 Å². The Morgan fingerprint density at radius 3 is 3.06 bits per heavy atom. The Kier molecular flexibility index (Phi) is 3.04. The minimum Gasteiger partial charge on any atom is -0.378 e. The van der Waals surface area contributed by atoms with Gasteiger partial charge in [0, 0.05) is 29.9 Å². The summed E-state index contributed by atoms with van der Waals surface area (Å²) < 4.78 is 5.33. The molecule has 92 valence electrons. The first-order chi connectivity index (χ1) is 8.86. The van der Waals surface area contributed by atoms with E-state index in [2.05, 4.69) is 10.3 Å². The number of nitrogens with zero attached hydrogens (tertiary/aromatic N) is 1. The van der Waals surface area contributed by atoms with Gasteiger partial charge in [-0.1, -0.05) is 24.3 Å². The molecule has 1 aromatic heterocycles. The van der Waals surface area contributed by atoms with E-state index >= 15 is 0 Å². The summed E-state index contributed by atoms with van der Waals surface area (Å²) in [5.74, 6) is 0.0546. The van der Waals surface area contributed by atoms with Crippen molar-refractivity contribution >= 4 is 16.6 Å². The molecule has 1 atom stereocenters. The van der Waals surface area contributed by atoms with Crippen LogP contribution in [-0.2, 0) is 4.74 Å². The van der Waals surface area contributed by atoms with E-state index in [1.807, 2.05) is 24.3 Å². The number of morpholine rings is 1. The lowest BCUT2D eigenvalue weighted by atomic mass is 10.00. The van der Waals surface area contributed by atoms with Gasteiger partial charge in [-0.15, -0.1) is 0 Å². The molecule has 1 aliphatic rings. The van der Waals surface area contributed by atoms with Crippen molar-refractivity contribution in [3.8, 4) is 0 Å². The van der Waals surface area contributed by atoms with Crippen LogP contribution in [0.3, 0.4) is 0 Å². The number of ketones is 1.